The summed E-state index contributed by atoms with van der Waals surface area (Å²) in [6, 6.07) is 10.3. The van der Waals surface area contributed by atoms with Crippen LogP contribution in [0.2, 0.25) is 0 Å². The third kappa shape index (κ3) is 7.04. The molecule has 15 heteroatoms. The van der Waals surface area contributed by atoms with Gasteiger partial charge < -0.3 is 15.4 Å². The lowest BCUT2D eigenvalue weighted by molar-refractivity contribution is -0.137. The molecule has 45 heavy (non-hydrogen) atoms. The van der Waals surface area contributed by atoms with Crippen molar-refractivity contribution in [3.05, 3.63) is 85.2 Å². The van der Waals surface area contributed by atoms with Crippen LogP contribution in [-0.2, 0) is 11.0 Å². The van der Waals surface area contributed by atoms with Gasteiger partial charge in [0.1, 0.15) is 5.75 Å². The zero-order valence-electron chi connectivity index (χ0n) is 23.3. The van der Waals surface area contributed by atoms with Gasteiger partial charge in [0.15, 0.2) is 5.13 Å². The number of aromatic nitrogens is 5. The van der Waals surface area contributed by atoms with Crippen molar-refractivity contribution in [3.63, 3.8) is 0 Å². The molecular weight excluding hydrogens is 609 g/mol. The second kappa shape index (κ2) is 12.7. The molecular formula is C30H23F3N8O3S. The number of halogens is 3. The van der Waals surface area contributed by atoms with Crippen LogP contribution >= 0.6 is 11.3 Å². The molecule has 0 aliphatic carbocycles. The van der Waals surface area contributed by atoms with Gasteiger partial charge in [0, 0.05) is 43.3 Å². The number of hydrogen-bond donors (Lipinski definition) is 2. The number of rotatable bonds is 7. The van der Waals surface area contributed by atoms with Gasteiger partial charge in [0.05, 0.1) is 39.9 Å². The highest BCUT2D eigenvalue weighted by Gasteiger charge is 2.32. The third-order valence-electron chi connectivity index (χ3n) is 6.70. The van der Waals surface area contributed by atoms with E-state index in [0.717, 1.165) is 29.3 Å². The Hall–Kier alpha value is -5.44. The summed E-state index contributed by atoms with van der Waals surface area (Å²) in [5.74, 6) is 0.560. The quantitative estimate of drug-likeness (QED) is 0.195. The number of thiazole rings is 1. The molecule has 1 fully saturated rings. The minimum Gasteiger partial charge on any atom is -0.424 e. The molecule has 1 aliphatic heterocycles. The number of pyridine rings is 2. The number of ether oxygens (including phenoxy) is 1. The van der Waals surface area contributed by atoms with Gasteiger partial charge in [-0.2, -0.15) is 13.2 Å². The van der Waals surface area contributed by atoms with Crippen molar-refractivity contribution >= 4 is 39.8 Å². The maximum atomic E-state index is 13.3. The standard InChI is InChI=1S/C30H23F3N8O3S/c31-30(32,33)20-13-23(26(35-14-20)19-8-10-34-11-9-19)40-27(43)39-21-15-36-28(37-16-21)44-22-6-4-18(5-7-22)24-17-38-29(45-24)41-12-2-1-3-25(41)42/h4-11,13-17H,1-3,12H2,(H2,39,40,43). The lowest BCUT2D eigenvalue weighted by Crippen LogP contribution is -2.34. The van der Waals surface area contributed by atoms with Gasteiger partial charge in [-0.1, -0.05) is 11.3 Å². The summed E-state index contributed by atoms with van der Waals surface area (Å²) in [6.45, 7) is 0.679. The second-order valence-electron chi connectivity index (χ2n) is 9.82. The number of amides is 3. The van der Waals surface area contributed by atoms with Crippen molar-refractivity contribution in [2.24, 2.45) is 0 Å². The number of anilines is 3. The van der Waals surface area contributed by atoms with Crippen molar-refractivity contribution in [1.82, 2.24) is 24.9 Å². The van der Waals surface area contributed by atoms with Gasteiger partial charge in [-0.05, 0) is 60.9 Å². The Balaban J connectivity index is 1.08. The monoisotopic (exact) mass is 632 g/mol. The molecule has 4 aromatic heterocycles. The first-order valence-electron chi connectivity index (χ1n) is 13.6. The van der Waals surface area contributed by atoms with Crippen LogP contribution in [-0.4, -0.2) is 43.4 Å². The number of piperidine rings is 1. The van der Waals surface area contributed by atoms with E-state index in [9.17, 15) is 22.8 Å². The average Bonchev–Trinajstić information content (AvgIpc) is 3.53. The lowest BCUT2D eigenvalue weighted by atomic mass is 10.1. The Labute approximate surface area is 258 Å². The number of alkyl halides is 3. The summed E-state index contributed by atoms with van der Waals surface area (Å²) in [7, 11) is 0. The smallest absolute Gasteiger partial charge is 0.417 e. The molecule has 0 spiro atoms. The number of carbonyl (C=O) groups excluding carboxylic acids is 2. The molecule has 1 aromatic carbocycles. The number of benzene rings is 1. The van der Waals surface area contributed by atoms with E-state index < -0.39 is 17.8 Å². The highest BCUT2D eigenvalue weighted by atomic mass is 32.1. The van der Waals surface area contributed by atoms with Gasteiger partial charge in [0.25, 0.3) is 0 Å². The molecule has 1 aliphatic rings. The summed E-state index contributed by atoms with van der Waals surface area (Å²) in [6.07, 6.45) is 5.72. The zero-order chi connectivity index (χ0) is 31.4. The van der Waals surface area contributed by atoms with E-state index in [0.29, 0.717) is 35.6 Å². The Bertz CT molecular complexity index is 1820. The SMILES string of the molecule is O=C(Nc1cnc(Oc2ccc(-c3cnc(N4CCCCC4=O)s3)cc2)nc1)Nc1cc(C(F)(F)F)cnc1-c1ccncc1. The molecule has 0 saturated carbocycles. The normalized spacial score (nSPS) is 13.4. The Kier molecular flexibility index (Phi) is 8.33. The van der Waals surface area contributed by atoms with Crippen LogP contribution in [0.15, 0.2) is 79.6 Å². The van der Waals surface area contributed by atoms with Crippen LogP contribution < -0.4 is 20.3 Å². The van der Waals surface area contributed by atoms with Crippen LogP contribution in [0.25, 0.3) is 21.7 Å². The first kappa shape index (κ1) is 29.6. The molecule has 0 atom stereocenters. The van der Waals surface area contributed by atoms with Crippen LogP contribution in [0.1, 0.15) is 24.8 Å². The first-order chi connectivity index (χ1) is 21.7. The molecule has 1 saturated heterocycles. The van der Waals surface area contributed by atoms with Gasteiger partial charge in [-0.25, -0.2) is 19.7 Å². The van der Waals surface area contributed by atoms with Crippen molar-refractivity contribution in [2.45, 2.75) is 25.4 Å². The fourth-order valence-electron chi connectivity index (χ4n) is 4.50. The molecule has 0 radical (unpaired) electrons. The van der Waals surface area contributed by atoms with Gasteiger partial charge in [-0.3, -0.25) is 19.7 Å². The van der Waals surface area contributed by atoms with Gasteiger partial charge in [-0.15, -0.1) is 0 Å². The van der Waals surface area contributed by atoms with E-state index in [1.54, 1.807) is 35.4 Å². The van der Waals surface area contributed by atoms with E-state index in [2.05, 4.69) is 35.6 Å². The maximum Gasteiger partial charge on any atom is 0.417 e. The van der Waals surface area contributed by atoms with Gasteiger partial charge >= 0.3 is 18.2 Å². The summed E-state index contributed by atoms with van der Waals surface area (Å²) < 4.78 is 45.7. The van der Waals surface area contributed by atoms with E-state index in [-0.39, 0.29) is 29.0 Å². The minimum absolute atomic E-state index is 0.0134. The summed E-state index contributed by atoms with van der Waals surface area (Å²) in [5.41, 5.74) is 0.530. The Morgan fingerprint density at radius 2 is 1.64 bits per heavy atom. The summed E-state index contributed by atoms with van der Waals surface area (Å²) in [4.78, 5) is 48.0. The molecule has 2 N–H and O–H groups in total. The molecule has 5 aromatic rings. The predicted molar refractivity (Wildman–Crippen MR) is 161 cm³/mol. The van der Waals surface area contributed by atoms with E-state index in [4.69, 9.17) is 4.74 Å². The average molecular weight is 633 g/mol. The summed E-state index contributed by atoms with van der Waals surface area (Å²) in [5, 5.41) is 5.60. The highest BCUT2D eigenvalue weighted by molar-refractivity contribution is 7.19. The molecule has 228 valence electrons. The fraction of sp³-hybridized carbons (Fsp3) is 0.167. The van der Waals surface area contributed by atoms with E-state index in [1.165, 1.54) is 36.1 Å². The fourth-order valence-corrected chi connectivity index (χ4v) is 5.46. The van der Waals surface area contributed by atoms with E-state index >= 15 is 0 Å². The third-order valence-corrected chi connectivity index (χ3v) is 7.77. The molecule has 6 rings (SSSR count). The lowest BCUT2D eigenvalue weighted by Gasteiger charge is -2.23. The second-order valence-corrected chi connectivity index (χ2v) is 10.8. The molecule has 3 amide bonds. The molecule has 0 bridgehead atoms. The number of nitrogens with one attached hydrogen (secondary N) is 2. The number of nitrogens with zero attached hydrogens (tertiary/aromatic N) is 6. The highest BCUT2D eigenvalue weighted by Crippen LogP contribution is 2.35. The zero-order valence-corrected chi connectivity index (χ0v) is 24.1. The Morgan fingerprint density at radius 3 is 2.36 bits per heavy atom. The molecule has 5 heterocycles. The summed E-state index contributed by atoms with van der Waals surface area (Å²) >= 11 is 1.45. The van der Waals surface area contributed by atoms with Crippen molar-refractivity contribution in [1.29, 1.82) is 0 Å². The maximum absolute atomic E-state index is 13.3. The number of carbonyl (C=O) groups is 2. The van der Waals surface area contributed by atoms with Crippen LogP contribution in [0.5, 0.6) is 11.8 Å². The topological polar surface area (TPSA) is 135 Å². The van der Waals surface area contributed by atoms with Crippen molar-refractivity contribution in [3.8, 4) is 33.5 Å². The molecule has 11 nitrogen and oxygen atoms in total. The van der Waals surface area contributed by atoms with Crippen LogP contribution in [0, 0.1) is 0 Å². The van der Waals surface area contributed by atoms with E-state index in [1.807, 2.05) is 12.1 Å². The minimum atomic E-state index is -4.65. The van der Waals surface area contributed by atoms with Gasteiger partial charge in [0.2, 0.25) is 5.91 Å². The predicted octanol–water partition coefficient (Wildman–Crippen LogP) is 7.03. The first-order valence-corrected chi connectivity index (χ1v) is 14.5. The largest absolute Gasteiger partial charge is 0.424 e. The van der Waals surface area contributed by atoms with Crippen LogP contribution in [0.3, 0.4) is 0 Å². The van der Waals surface area contributed by atoms with Crippen molar-refractivity contribution < 1.29 is 27.5 Å². The molecule has 0 unspecified atom stereocenters. The van der Waals surface area contributed by atoms with Crippen molar-refractivity contribution in [2.75, 3.05) is 22.1 Å². The number of hydrogen-bond acceptors (Lipinski definition) is 9. The van der Waals surface area contributed by atoms with Crippen LogP contribution in [0.4, 0.5) is 34.5 Å². The Morgan fingerprint density at radius 1 is 0.889 bits per heavy atom. The number of urea groups is 1.